The Bertz CT molecular complexity index is 434. The summed E-state index contributed by atoms with van der Waals surface area (Å²) in [6.45, 7) is 8.04. The van der Waals surface area contributed by atoms with Gasteiger partial charge in [0.05, 0.1) is 0 Å². The monoisotopic (exact) mass is 271 g/mol. The van der Waals surface area contributed by atoms with Gasteiger partial charge < -0.3 is 5.32 Å². The van der Waals surface area contributed by atoms with Crippen molar-refractivity contribution < 1.29 is 0 Å². The zero-order valence-corrected chi connectivity index (χ0v) is 13.3. The summed E-state index contributed by atoms with van der Waals surface area (Å²) in [7, 11) is 0. The smallest absolute Gasteiger partial charge is 0.0102 e. The average Bonchev–Trinajstić information content (AvgIpc) is 3.09. The predicted molar refractivity (Wildman–Crippen MR) is 86.2 cm³/mol. The fourth-order valence-electron chi connectivity index (χ4n) is 3.99. The van der Waals surface area contributed by atoms with Crippen LogP contribution in [0.5, 0.6) is 0 Å². The van der Waals surface area contributed by atoms with Crippen LogP contribution in [0.15, 0.2) is 24.3 Å². The van der Waals surface area contributed by atoms with Crippen LogP contribution in [0.25, 0.3) is 0 Å². The highest BCUT2D eigenvalue weighted by Gasteiger charge is 2.32. The van der Waals surface area contributed by atoms with E-state index in [1.165, 1.54) is 49.8 Å². The molecule has 1 nitrogen and oxygen atoms in total. The molecule has 0 bridgehead atoms. The lowest BCUT2D eigenvalue weighted by atomic mass is 9.84. The maximum Gasteiger partial charge on any atom is 0.0102 e. The molecule has 1 saturated heterocycles. The molecule has 2 unspecified atom stereocenters. The summed E-state index contributed by atoms with van der Waals surface area (Å²) in [5.74, 6) is 1.68. The Morgan fingerprint density at radius 2 is 1.65 bits per heavy atom. The van der Waals surface area contributed by atoms with Crippen LogP contribution < -0.4 is 5.32 Å². The molecule has 1 heteroatoms. The highest BCUT2D eigenvalue weighted by Crippen LogP contribution is 2.36. The van der Waals surface area contributed by atoms with Crippen LogP contribution in [0.2, 0.25) is 0 Å². The average molecular weight is 271 g/mol. The van der Waals surface area contributed by atoms with E-state index in [1.54, 1.807) is 0 Å². The molecular formula is C19H29N. The highest BCUT2D eigenvalue weighted by atomic mass is 15.0. The molecule has 20 heavy (non-hydrogen) atoms. The second kappa shape index (κ2) is 5.52. The van der Waals surface area contributed by atoms with E-state index in [2.05, 4.69) is 50.4 Å². The summed E-state index contributed by atoms with van der Waals surface area (Å²) >= 11 is 0. The Hall–Kier alpha value is -0.820. The van der Waals surface area contributed by atoms with Crippen LogP contribution in [-0.4, -0.2) is 12.6 Å². The molecule has 1 aliphatic carbocycles. The van der Waals surface area contributed by atoms with Gasteiger partial charge in [0.25, 0.3) is 0 Å². The summed E-state index contributed by atoms with van der Waals surface area (Å²) in [6, 6.07) is 10.2. The third-order valence-electron chi connectivity index (χ3n) is 5.38. The maximum atomic E-state index is 3.79. The van der Waals surface area contributed by atoms with Crippen molar-refractivity contribution in [2.24, 2.45) is 5.92 Å². The molecule has 2 fully saturated rings. The van der Waals surface area contributed by atoms with E-state index in [0.29, 0.717) is 0 Å². The molecule has 110 valence electrons. The normalized spacial score (nSPS) is 28.1. The number of rotatable bonds is 2. The molecule has 1 N–H and O–H groups in total. The quantitative estimate of drug-likeness (QED) is 0.827. The fraction of sp³-hybridized carbons (Fsp3) is 0.684. The first-order chi connectivity index (χ1) is 9.54. The molecular weight excluding hydrogens is 242 g/mol. The minimum atomic E-state index is 0.263. The van der Waals surface area contributed by atoms with Gasteiger partial charge in [0.2, 0.25) is 0 Å². The molecule has 0 amide bonds. The maximum absolute atomic E-state index is 3.79. The molecule has 2 aliphatic rings. The first kappa shape index (κ1) is 14.1. The SMILES string of the molecule is CC(C)(C)c1ccc(C2CNC(C3CCCC3)C2)cc1. The Balaban J connectivity index is 1.65. The predicted octanol–water partition coefficient (Wildman–Crippen LogP) is 4.62. The van der Waals surface area contributed by atoms with Crippen molar-refractivity contribution in [1.29, 1.82) is 0 Å². The van der Waals surface area contributed by atoms with E-state index < -0.39 is 0 Å². The van der Waals surface area contributed by atoms with Crippen molar-refractivity contribution >= 4 is 0 Å². The van der Waals surface area contributed by atoms with Crippen molar-refractivity contribution in [3.63, 3.8) is 0 Å². The number of benzene rings is 1. The summed E-state index contributed by atoms with van der Waals surface area (Å²) in [4.78, 5) is 0. The third kappa shape index (κ3) is 2.93. The van der Waals surface area contributed by atoms with Gasteiger partial charge in [0.1, 0.15) is 0 Å². The molecule has 1 aromatic rings. The number of hydrogen-bond donors (Lipinski definition) is 1. The van der Waals surface area contributed by atoms with Crippen LogP contribution in [0.1, 0.15) is 69.9 Å². The lowest BCUT2D eigenvalue weighted by Gasteiger charge is -2.20. The molecule has 1 aliphatic heterocycles. The Kier molecular flexibility index (Phi) is 3.90. The van der Waals surface area contributed by atoms with Gasteiger partial charge in [-0.3, -0.25) is 0 Å². The zero-order chi connectivity index (χ0) is 14.2. The summed E-state index contributed by atoms with van der Waals surface area (Å²) in [5.41, 5.74) is 3.24. The van der Waals surface area contributed by atoms with Gasteiger partial charge in [-0.2, -0.15) is 0 Å². The van der Waals surface area contributed by atoms with Gasteiger partial charge in [0, 0.05) is 12.6 Å². The summed E-state index contributed by atoms with van der Waals surface area (Å²) in [5, 5.41) is 3.79. The van der Waals surface area contributed by atoms with Crippen LogP contribution in [0, 0.1) is 5.92 Å². The first-order valence-corrected chi connectivity index (χ1v) is 8.38. The zero-order valence-electron chi connectivity index (χ0n) is 13.3. The summed E-state index contributed by atoms with van der Waals surface area (Å²) < 4.78 is 0. The van der Waals surface area contributed by atoms with Gasteiger partial charge in [-0.1, -0.05) is 57.9 Å². The van der Waals surface area contributed by atoms with Gasteiger partial charge >= 0.3 is 0 Å². The van der Waals surface area contributed by atoms with Gasteiger partial charge in [-0.05, 0) is 47.6 Å². The lowest BCUT2D eigenvalue weighted by Crippen LogP contribution is -2.28. The molecule has 0 radical (unpaired) electrons. The Morgan fingerprint density at radius 1 is 1.00 bits per heavy atom. The summed E-state index contributed by atoms with van der Waals surface area (Å²) in [6.07, 6.45) is 7.15. The van der Waals surface area contributed by atoms with Crippen LogP contribution in [0.3, 0.4) is 0 Å². The lowest BCUT2D eigenvalue weighted by molar-refractivity contribution is 0.396. The van der Waals surface area contributed by atoms with Crippen LogP contribution >= 0.6 is 0 Å². The van der Waals surface area contributed by atoms with Crippen LogP contribution in [-0.2, 0) is 5.41 Å². The van der Waals surface area contributed by atoms with E-state index in [0.717, 1.165) is 17.9 Å². The molecule has 1 heterocycles. The van der Waals surface area contributed by atoms with Gasteiger partial charge in [0.15, 0.2) is 0 Å². The molecule has 1 saturated carbocycles. The number of hydrogen-bond acceptors (Lipinski definition) is 1. The van der Waals surface area contributed by atoms with Crippen molar-refractivity contribution in [2.45, 2.75) is 70.3 Å². The van der Waals surface area contributed by atoms with Gasteiger partial charge in [-0.15, -0.1) is 0 Å². The standard InChI is InChI=1S/C19H29N/c1-19(2,3)17-10-8-14(9-11-17)16-12-18(20-13-16)15-6-4-5-7-15/h8-11,15-16,18,20H,4-7,12-13H2,1-3H3. The highest BCUT2D eigenvalue weighted by molar-refractivity contribution is 5.30. The molecule has 0 spiro atoms. The minimum Gasteiger partial charge on any atom is -0.313 e. The Labute approximate surface area is 124 Å². The molecule has 0 aromatic heterocycles. The second-order valence-corrected chi connectivity index (χ2v) is 7.86. The molecule has 2 atom stereocenters. The first-order valence-electron chi connectivity index (χ1n) is 8.38. The van der Waals surface area contributed by atoms with Crippen LogP contribution in [0.4, 0.5) is 0 Å². The van der Waals surface area contributed by atoms with Crippen molar-refractivity contribution in [2.75, 3.05) is 6.54 Å². The van der Waals surface area contributed by atoms with Crippen molar-refractivity contribution in [3.05, 3.63) is 35.4 Å². The van der Waals surface area contributed by atoms with Crippen molar-refractivity contribution in [1.82, 2.24) is 5.32 Å². The molecule has 1 aromatic carbocycles. The van der Waals surface area contributed by atoms with Gasteiger partial charge in [-0.25, -0.2) is 0 Å². The fourth-order valence-corrected chi connectivity index (χ4v) is 3.99. The second-order valence-electron chi connectivity index (χ2n) is 7.86. The largest absolute Gasteiger partial charge is 0.313 e. The number of nitrogens with one attached hydrogen (secondary N) is 1. The third-order valence-corrected chi connectivity index (χ3v) is 5.38. The van der Waals surface area contributed by atoms with Crippen molar-refractivity contribution in [3.8, 4) is 0 Å². The Morgan fingerprint density at radius 3 is 2.25 bits per heavy atom. The van der Waals surface area contributed by atoms with E-state index in [1.807, 2.05) is 0 Å². The molecule has 3 rings (SSSR count). The minimum absolute atomic E-state index is 0.263. The van der Waals surface area contributed by atoms with E-state index in [-0.39, 0.29) is 5.41 Å². The van der Waals surface area contributed by atoms with E-state index >= 15 is 0 Å². The topological polar surface area (TPSA) is 12.0 Å². The van der Waals surface area contributed by atoms with E-state index in [4.69, 9.17) is 0 Å². The van der Waals surface area contributed by atoms with E-state index in [9.17, 15) is 0 Å².